The van der Waals surface area contributed by atoms with Gasteiger partial charge >= 0.3 is 12.0 Å². The Morgan fingerprint density at radius 3 is 2.88 bits per heavy atom. The van der Waals surface area contributed by atoms with Gasteiger partial charge in [-0.1, -0.05) is 11.1 Å². The van der Waals surface area contributed by atoms with Crippen molar-refractivity contribution in [3.63, 3.8) is 0 Å². The minimum absolute atomic E-state index is 0.137. The number of carboxylic acid groups (broad SMARTS) is 1. The van der Waals surface area contributed by atoms with Crippen molar-refractivity contribution < 1.29 is 14.7 Å². The van der Waals surface area contributed by atoms with Crippen molar-refractivity contribution in [2.24, 2.45) is 0 Å². The Morgan fingerprint density at radius 2 is 2.29 bits per heavy atom. The van der Waals surface area contributed by atoms with Crippen LogP contribution in [0.25, 0.3) is 0 Å². The highest BCUT2D eigenvalue weighted by molar-refractivity contribution is 5.84. The third-order valence-electron chi connectivity index (χ3n) is 1.74. The second kappa shape index (κ2) is 6.12. The molecular weight excluding hydrogens is 226 g/mol. The zero-order valence-corrected chi connectivity index (χ0v) is 8.88. The number of amides is 2. The van der Waals surface area contributed by atoms with Gasteiger partial charge in [0.2, 0.25) is 0 Å². The summed E-state index contributed by atoms with van der Waals surface area (Å²) in [6.07, 6.45) is 6.24. The van der Waals surface area contributed by atoms with Crippen molar-refractivity contribution >= 4 is 12.0 Å². The largest absolute Gasteiger partial charge is 0.476 e. The fraction of sp³-hybridized carbons (Fsp3) is 0.333. The average molecular weight is 237 g/mol. The Labute approximate surface area is 97.0 Å². The zero-order chi connectivity index (χ0) is 12.7. The number of rotatable bonds is 5. The maximum Gasteiger partial charge on any atom is 0.358 e. The molecule has 0 saturated carbocycles. The molecule has 3 N–H and O–H groups in total. The lowest BCUT2D eigenvalue weighted by Crippen LogP contribution is -2.37. The van der Waals surface area contributed by atoms with Gasteiger partial charge < -0.3 is 15.7 Å². The van der Waals surface area contributed by atoms with Crippen LogP contribution >= 0.6 is 0 Å². The number of hydrogen-bond donors (Lipinski definition) is 3. The highest BCUT2D eigenvalue weighted by atomic mass is 16.4. The SMILES string of the molecule is C#CCNC(=O)NCCn1cc(C(=O)O)nn1. The minimum Gasteiger partial charge on any atom is -0.476 e. The minimum atomic E-state index is -1.14. The number of aromatic nitrogens is 3. The third-order valence-corrected chi connectivity index (χ3v) is 1.74. The predicted octanol–water partition coefficient (Wildman–Crippen LogP) is -1.09. The molecule has 2 amide bonds. The van der Waals surface area contributed by atoms with E-state index in [1.54, 1.807) is 0 Å². The quantitative estimate of drug-likeness (QED) is 0.564. The van der Waals surface area contributed by atoms with Gasteiger partial charge in [0.1, 0.15) is 0 Å². The molecule has 1 heterocycles. The fourth-order valence-electron chi connectivity index (χ4n) is 0.983. The standard InChI is InChI=1S/C9H11N5O3/c1-2-3-10-9(17)11-4-5-14-6-7(8(15)16)12-13-14/h1,6H,3-5H2,(H,15,16)(H2,10,11,17). The second-order valence-corrected chi connectivity index (χ2v) is 2.99. The van der Waals surface area contributed by atoms with Crippen LogP contribution in [0.4, 0.5) is 4.79 Å². The molecule has 0 aliphatic rings. The molecule has 8 heteroatoms. The molecule has 1 rings (SSSR count). The summed E-state index contributed by atoms with van der Waals surface area (Å²) in [7, 11) is 0. The molecule has 8 nitrogen and oxygen atoms in total. The summed E-state index contributed by atoms with van der Waals surface area (Å²) in [5.74, 6) is 1.12. The van der Waals surface area contributed by atoms with Crippen LogP contribution in [0.5, 0.6) is 0 Å². The summed E-state index contributed by atoms with van der Waals surface area (Å²) >= 11 is 0. The lowest BCUT2D eigenvalue weighted by Gasteiger charge is -2.04. The topological polar surface area (TPSA) is 109 Å². The Kier molecular flexibility index (Phi) is 4.50. The van der Waals surface area contributed by atoms with Gasteiger partial charge in [0.15, 0.2) is 5.69 Å². The third kappa shape index (κ3) is 4.21. The van der Waals surface area contributed by atoms with E-state index in [2.05, 4.69) is 26.9 Å². The molecule has 0 fully saturated rings. The molecule has 0 saturated heterocycles. The summed E-state index contributed by atoms with van der Waals surface area (Å²) in [6, 6.07) is -0.387. The fourth-order valence-corrected chi connectivity index (χ4v) is 0.983. The Morgan fingerprint density at radius 1 is 1.53 bits per heavy atom. The zero-order valence-electron chi connectivity index (χ0n) is 8.88. The van der Waals surface area contributed by atoms with Crippen LogP contribution in [0.15, 0.2) is 6.20 Å². The number of nitrogens with zero attached hydrogens (tertiary/aromatic N) is 3. The van der Waals surface area contributed by atoms with Gasteiger partial charge in [0, 0.05) is 6.54 Å². The van der Waals surface area contributed by atoms with E-state index in [1.807, 2.05) is 0 Å². The average Bonchev–Trinajstić information content (AvgIpc) is 2.75. The monoisotopic (exact) mass is 237 g/mol. The van der Waals surface area contributed by atoms with Crippen molar-refractivity contribution in [3.05, 3.63) is 11.9 Å². The number of urea groups is 1. The molecule has 0 spiro atoms. The predicted molar refractivity (Wildman–Crippen MR) is 57.2 cm³/mol. The van der Waals surface area contributed by atoms with Gasteiger partial charge in [-0.15, -0.1) is 11.5 Å². The molecule has 0 aliphatic carbocycles. The summed E-state index contributed by atoms with van der Waals surface area (Å²) in [6.45, 7) is 0.765. The van der Waals surface area contributed by atoms with Crippen LogP contribution in [-0.4, -0.2) is 45.2 Å². The Balaban J connectivity index is 2.29. The van der Waals surface area contributed by atoms with Crippen LogP contribution in [0.2, 0.25) is 0 Å². The summed E-state index contributed by atoms with van der Waals surface area (Å²) < 4.78 is 1.32. The normalized spacial score (nSPS) is 9.35. The number of carboxylic acids is 1. The van der Waals surface area contributed by atoms with Crippen LogP contribution in [-0.2, 0) is 6.54 Å². The molecule has 1 aromatic heterocycles. The van der Waals surface area contributed by atoms with E-state index in [-0.39, 0.29) is 18.3 Å². The van der Waals surface area contributed by atoms with E-state index in [0.29, 0.717) is 13.1 Å². The van der Waals surface area contributed by atoms with Crippen molar-refractivity contribution in [1.82, 2.24) is 25.6 Å². The van der Waals surface area contributed by atoms with E-state index in [1.165, 1.54) is 10.9 Å². The molecule has 0 bridgehead atoms. The first-order valence-electron chi connectivity index (χ1n) is 4.72. The van der Waals surface area contributed by atoms with E-state index >= 15 is 0 Å². The van der Waals surface area contributed by atoms with Crippen LogP contribution in [0.3, 0.4) is 0 Å². The first-order chi connectivity index (χ1) is 8.13. The molecule has 90 valence electrons. The number of hydrogen-bond acceptors (Lipinski definition) is 4. The maximum atomic E-state index is 11.0. The molecule has 0 radical (unpaired) electrons. The molecule has 1 aromatic rings. The number of aromatic carboxylic acids is 1. The Bertz CT molecular complexity index is 448. The maximum absolute atomic E-state index is 11.0. The van der Waals surface area contributed by atoms with Gasteiger partial charge in [0.25, 0.3) is 0 Å². The van der Waals surface area contributed by atoms with Crippen molar-refractivity contribution in [3.8, 4) is 12.3 Å². The highest BCUT2D eigenvalue weighted by Gasteiger charge is 2.07. The molecule has 0 aromatic carbocycles. The van der Waals surface area contributed by atoms with Crippen molar-refractivity contribution in [2.45, 2.75) is 6.54 Å². The van der Waals surface area contributed by atoms with Crippen LogP contribution < -0.4 is 10.6 Å². The smallest absolute Gasteiger partial charge is 0.358 e. The highest BCUT2D eigenvalue weighted by Crippen LogP contribution is 1.91. The van der Waals surface area contributed by atoms with Gasteiger partial charge in [-0.05, 0) is 0 Å². The van der Waals surface area contributed by atoms with E-state index in [9.17, 15) is 9.59 Å². The van der Waals surface area contributed by atoms with Gasteiger partial charge in [-0.3, -0.25) is 0 Å². The Hall–Kier alpha value is -2.56. The summed E-state index contributed by atoms with van der Waals surface area (Å²) in [4.78, 5) is 21.5. The van der Waals surface area contributed by atoms with Gasteiger partial charge in [-0.25, -0.2) is 14.3 Å². The number of nitrogens with one attached hydrogen (secondary N) is 2. The summed E-state index contributed by atoms with van der Waals surface area (Å²) in [5.41, 5.74) is -0.137. The van der Waals surface area contributed by atoms with Crippen molar-refractivity contribution in [1.29, 1.82) is 0 Å². The van der Waals surface area contributed by atoms with E-state index < -0.39 is 5.97 Å². The first kappa shape index (κ1) is 12.5. The second-order valence-electron chi connectivity index (χ2n) is 2.99. The van der Waals surface area contributed by atoms with Crippen LogP contribution in [0.1, 0.15) is 10.5 Å². The van der Waals surface area contributed by atoms with E-state index in [0.717, 1.165) is 0 Å². The molecular formula is C9H11N5O3. The number of carbonyl (C=O) groups is 2. The van der Waals surface area contributed by atoms with E-state index in [4.69, 9.17) is 11.5 Å². The van der Waals surface area contributed by atoms with Gasteiger partial charge in [-0.2, -0.15) is 0 Å². The number of terminal acetylenes is 1. The lowest BCUT2D eigenvalue weighted by atomic mass is 10.5. The lowest BCUT2D eigenvalue weighted by molar-refractivity contribution is 0.0690. The molecule has 17 heavy (non-hydrogen) atoms. The van der Waals surface area contributed by atoms with Crippen LogP contribution in [0, 0.1) is 12.3 Å². The summed E-state index contributed by atoms with van der Waals surface area (Å²) in [5, 5.41) is 20.5. The van der Waals surface area contributed by atoms with Gasteiger partial charge in [0.05, 0.1) is 19.3 Å². The first-order valence-corrected chi connectivity index (χ1v) is 4.72. The molecule has 0 aliphatic heterocycles. The van der Waals surface area contributed by atoms with Crippen molar-refractivity contribution in [2.75, 3.05) is 13.1 Å². The molecule has 0 unspecified atom stereocenters. The number of carbonyl (C=O) groups excluding carboxylic acids is 1. The molecule has 0 atom stereocenters.